The van der Waals surface area contributed by atoms with Crippen molar-refractivity contribution in [3.05, 3.63) is 64.2 Å². The second kappa shape index (κ2) is 8.37. The molecule has 3 aliphatic rings. The van der Waals surface area contributed by atoms with Crippen LogP contribution in [0.1, 0.15) is 43.7 Å². The molecule has 2 nitrogen and oxygen atoms in total. The number of hydrogen-bond acceptors (Lipinski definition) is 2. The second-order valence-corrected chi connectivity index (χ2v) is 8.40. The van der Waals surface area contributed by atoms with Crippen LogP contribution in [-0.4, -0.2) is 12.1 Å². The Morgan fingerprint density at radius 3 is 2.96 bits per heavy atom. The molecule has 0 saturated carbocycles. The minimum absolute atomic E-state index is 0.521. The number of nitrogens with one attached hydrogen (secondary N) is 1. The molecule has 2 aliphatic heterocycles. The molecule has 3 heteroatoms. The number of anilines is 1. The number of halogens is 1. The number of fused-ring (bicyclic) bond motifs is 2. The first-order valence-electron chi connectivity index (χ1n) is 9.40. The van der Waals surface area contributed by atoms with Gasteiger partial charge in [0.1, 0.15) is 0 Å². The predicted octanol–water partition coefficient (Wildman–Crippen LogP) is 5.30. The molecule has 3 unspecified atom stereocenters. The van der Waals surface area contributed by atoms with Gasteiger partial charge in [-0.25, -0.2) is 0 Å². The summed E-state index contributed by atoms with van der Waals surface area (Å²) in [5, 5.41) is 3.93. The van der Waals surface area contributed by atoms with Crippen LogP contribution in [0.25, 0.3) is 0 Å². The van der Waals surface area contributed by atoms with Crippen molar-refractivity contribution in [3.8, 4) is 0 Å². The van der Waals surface area contributed by atoms with Crippen LogP contribution >= 0.6 is 15.9 Å². The number of piperidine rings is 1. The first-order chi connectivity index (χ1) is 12.1. The zero-order valence-electron chi connectivity index (χ0n) is 15.1. The first-order valence-corrected chi connectivity index (χ1v) is 10.2. The molecular weight excluding hydrogens is 372 g/mol. The Hall–Kier alpha value is -1.32. The summed E-state index contributed by atoms with van der Waals surface area (Å²) < 4.78 is 0.942. The Balaban J connectivity index is 1.82. The second-order valence-electron chi connectivity index (χ2n) is 7.38. The van der Waals surface area contributed by atoms with Crippen molar-refractivity contribution in [2.45, 2.75) is 57.5 Å². The van der Waals surface area contributed by atoms with Crippen LogP contribution in [0, 0.1) is 5.92 Å². The van der Waals surface area contributed by atoms with Gasteiger partial charge < -0.3 is 11.1 Å². The van der Waals surface area contributed by atoms with Gasteiger partial charge in [0.2, 0.25) is 0 Å². The molecular formula is C22H29BrN2. The van der Waals surface area contributed by atoms with E-state index in [0.29, 0.717) is 18.0 Å². The Labute approximate surface area is 160 Å². The monoisotopic (exact) mass is 400 g/mol. The van der Waals surface area contributed by atoms with Gasteiger partial charge in [-0.3, -0.25) is 0 Å². The van der Waals surface area contributed by atoms with Gasteiger partial charge >= 0.3 is 0 Å². The van der Waals surface area contributed by atoms with E-state index in [1.165, 1.54) is 29.5 Å². The fourth-order valence-electron chi connectivity index (χ4n) is 4.29. The van der Waals surface area contributed by atoms with Gasteiger partial charge in [0.05, 0.1) is 0 Å². The maximum Gasteiger partial charge on any atom is 0.0349 e. The quantitative estimate of drug-likeness (QED) is 0.519. The van der Waals surface area contributed by atoms with Gasteiger partial charge in [0, 0.05) is 22.3 Å². The molecule has 2 bridgehead atoms. The zero-order chi connectivity index (χ0) is 17.8. The molecule has 1 aromatic carbocycles. The maximum atomic E-state index is 6.26. The molecule has 3 atom stereocenters. The molecule has 2 heterocycles. The number of allylic oxidation sites excluding steroid dienone is 4. The van der Waals surface area contributed by atoms with E-state index in [2.05, 4.69) is 65.1 Å². The number of rotatable bonds is 5. The maximum absolute atomic E-state index is 6.26. The van der Waals surface area contributed by atoms with E-state index in [4.69, 9.17) is 5.73 Å². The molecule has 3 N–H and O–H groups in total. The van der Waals surface area contributed by atoms with Crippen molar-refractivity contribution in [1.29, 1.82) is 0 Å². The molecule has 4 rings (SSSR count). The van der Waals surface area contributed by atoms with E-state index in [1.807, 2.05) is 6.07 Å². The van der Waals surface area contributed by atoms with E-state index >= 15 is 0 Å². The third-order valence-corrected chi connectivity index (χ3v) is 5.74. The lowest BCUT2D eigenvalue weighted by atomic mass is 9.75. The fourth-order valence-corrected chi connectivity index (χ4v) is 4.59. The average Bonchev–Trinajstić information content (AvgIpc) is 2.54. The lowest BCUT2D eigenvalue weighted by Crippen LogP contribution is -2.50. The Morgan fingerprint density at radius 1 is 1.36 bits per heavy atom. The molecule has 0 amide bonds. The molecule has 1 aliphatic carbocycles. The van der Waals surface area contributed by atoms with Crippen LogP contribution in [0.4, 0.5) is 5.69 Å². The SMILES string of the molecule is C=C(Br)/C=C(\C=C/CC)CC1NC2CCC1Cc1cccc(N)c1C2. The smallest absolute Gasteiger partial charge is 0.0349 e. The van der Waals surface area contributed by atoms with Crippen LogP contribution in [0.15, 0.2) is 53.1 Å². The molecule has 1 saturated heterocycles. The summed E-state index contributed by atoms with van der Waals surface area (Å²) >= 11 is 3.49. The van der Waals surface area contributed by atoms with E-state index in [-0.39, 0.29) is 0 Å². The minimum atomic E-state index is 0.521. The van der Waals surface area contributed by atoms with Crippen molar-refractivity contribution in [1.82, 2.24) is 5.32 Å². The van der Waals surface area contributed by atoms with Crippen LogP contribution in [-0.2, 0) is 12.8 Å². The van der Waals surface area contributed by atoms with Crippen molar-refractivity contribution in [2.24, 2.45) is 5.92 Å². The van der Waals surface area contributed by atoms with Gasteiger partial charge in [-0.2, -0.15) is 0 Å². The highest BCUT2D eigenvalue weighted by atomic mass is 79.9. The molecule has 0 aromatic heterocycles. The van der Waals surface area contributed by atoms with E-state index in [1.54, 1.807) is 0 Å². The number of nitrogen functional groups attached to an aromatic ring is 1. The Morgan fingerprint density at radius 2 is 2.20 bits per heavy atom. The summed E-state index contributed by atoms with van der Waals surface area (Å²) in [5.41, 5.74) is 11.4. The van der Waals surface area contributed by atoms with Gasteiger partial charge in [-0.05, 0) is 73.3 Å². The Kier molecular flexibility index (Phi) is 6.19. The third-order valence-electron chi connectivity index (χ3n) is 5.51. The predicted molar refractivity (Wildman–Crippen MR) is 112 cm³/mol. The third kappa shape index (κ3) is 4.65. The summed E-state index contributed by atoms with van der Waals surface area (Å²) in [6.07, 6.45) is 13.5. The molecule has 25 heavy (non-hydrogen) atoms. The van der Waals surface area contributed by atoms with E-state index < -0.39 is 0 Å². The zero-order valence-corrected chi connectivity index (χ0v) is 16.7. The largest absolute Gasteiger partial charge is 0.398 e. The summed E-state index contributed by atoms with van der Waals surface area (Å²) in [5.74, 6) is 0.666. The summed E-state index contributed by atoms with van der Waals surface area (Å²) in [6.45, 7) is 6.16. The lowest BCUT2D eigenvalue weighted by Gasteiger charge is -2.41. The average molecular weight is 401 g/mol. The highest BCUT2D eigenvalue weighted by Crippen LogP contribution is 2.35. The highest BCUT2D eigenvalue weighted by molar-refractivity contribution is 9.11. The summed E-state index contributed by atoms with van der Waals surface area (Å²) in [4.78, 5) is 0. The van der Waals surface area contributed by atoms with Gasteiger partial charge in [-0.1, -0.05) is 53.7 Å². The van der Waals surface area contributed by atoms with Crippen LogP contribution < -0.4 is 11.1 Å². The van der Waals surface area contributed by atoms with Crippen LogP contribution in [0.2, 0.25) is 0 Å². The number of hydrogen-bond donors (Lipinski definition) is 2. The van der Waals surface area contributed by atoms with Gasteiger partial charge in [0.15, 0.2) is 0 Å². The van der Waals surface area contributed by atoms with Gasteiger partial charge in [0.25, 0.3) is 0 Å². The normalized spacial score (nSPS) is 26.3. The fraction of sp³-hybridized carbons (Fsp3) is 0.455. The summed E-state index contributed by atoms with van der Waals surface area (Å²) in [7, 11) is 0. The lowest BCUT2D eigenvalue weighted by molar-refractivity contribution is 0.218. The van der Waals surface area contributed by atoms with Crippen molar-refractivity contribution < 1.29 is 0 Å². The standard InChI is InChI=1S/C22H29BrN2/c1-3-4-6-16(11-15(2)23)12-22-18-9-10-19(25-22)14-20-17(13-18)7-5-8-21(20)24/h4-8,11,18-19,22,25H,2-3,9-10,12-14,24H2,1H3/b6-4-,16-11+. The van der Waals surface area contributed by atoms with E-state index in [0.717, 1.165) is 35.9 Å². The van der Waals surface area contributed by atoms with E-state index in [9.17, 15) is 0 Å². The molecule has 1 fully saturated rings. The minimum Gasteiger partial charge on any atom is -0.398 e. The topological polar surface area (TPSA) is 38.0 Å². The molecule has 0 spiro atoms. The number of benzene rings is 1. The summed E-state index contributed by atoms with van der Waals surface area (Å²) in [6, 6.07) is 7.48. The van der Waals surface area contributed by atoms with Gasteiger partial charge in [-0.15, -0.1) is 0 Å². The van der Waals surface area contributed by atoms with Crippen LogP contribution in [0.5, 0.6) is 0 Å². The van der Waals surface area contributed by atoms with Crippen molar-refractivity contribution in [2.75, 3.05) is 5.73 Å². The first kappa shape index (κ1) is 18.5. The van der Waals surface area contributed by atoms with Crippen molar-refractivity contribution >= 4 is 21.6 Å². The van der Waals surface area contributed by atoms with Crippen molar-refractivity contribution in [3.63, 3.8) is 0 Å². The Bertz CT molecular complexity index is 689. The molecule has 0 radical (unpaired) electrons. The number of nitrogens with two attached hydrogens (primary N) is 1. The van der Waals surface area contributed by atoms with Crippen LogP contribution in [0.3, 0.4) is 0 Å². The molecule has 1 aromatic rings. The molecule has 134 valence electrons. The highest BCUT2D eigenvalue weighted by Gasteiger charge is 2.33.